The highest BCUT2D eigenvalue weighted by molar-refractivity contribution is 5.95. The van der Waals surface area contributed by atoms with Crippen LogP contribution >= 0.6 is 0 Å². The van der Waals surface area contributed by atoms with Crippen molar-refractivity contribution in [1.29, 1.82) is 0 Å². The first-order chi connectivity index (χ1) is 12.8. The third-order valence-corrected chi connectivity index (χ3v) is 3.89. The molecular formula is C20H14F4N2O. The number of amides is 1. The molecule has 27 heavy (non-hydrogen) atoms. The van der Waals surface area contributed by atoms with Gasteiger partial charge in [0.15, 0.2) is 0 Å². The van der Waals surface area contributed by atoms with E-state index in [2.05, 4.69) is 10.3 Å². The Hall–Kier alpha value is -3.22. The summed E-state index contributed by atoms with van der Waals surface area (Å²) in [5.74, 6) is -0.802. The van der Waals surface area contributed by atoms with Crippen molar-refractivity contribution in [2.75, 3.05) is 0 Å². The van der Waals surface area contributed by atoms with Gasteiger partial charge in [0.2, 0.25) is 0 Å². The lowest BCUT2D eigenvalue weighted by Gasteiger charge is -2.10. The molecule has 1 heterocycles. The van der Waals surface area contributed by atoms with E-state index in [4.69, 9.17) is 0 Å². The fourth-order valence-corrected chi connectivity index (χ4v) is 2.48. The Balaban J connectivity index is 1.77. The number of aromatic nitrogens is 1. The van der Waals surface area contributed by atoms with E-state index in [1.165, 1.54) is 42.7 Å². The van der Waals surface area contributed by atoms with Crippen LogP contribution in [0, 0.1) is 5.82 Å². The zero-order chi connectivity index (χ0) is 19.4. The maximum Gasteiger partial charge on any atom is 0.416 e. The Morgan fingerprint density at radius 2 is 1.70 bits per heavy atom. The molecule has 7 heteroatoms. The summed E-state index contributed by atoms with van der Waals surface area (Å²) in [6.07, 6.45) is -1.73. The van der Waals surface area contributed by atoms with Crippen molar-refractivity contribution in [2.45, 2.75) is 12.7 Å². The van der Waals surface area contributed by atoms with Gasteiger partial charge in [-0.05, 0) is 41.5 Å². The van der Waals surface area contributed by atoms with Crippen LogP contribution in [0.4, 0.5) is 17.6 Å². The lowest BCUT2D eigenvalue weighted by molar-refractivity contribution is -0.137. The van der Waals surface area contributed by atoms with Crippen LogP contribution in [-0.4, -0.2) is 10.9 Å². The third kappa shape index (κ3) is 4.69. The van der Waals surface area contributed by atoms with Crippen LogP contribution in [0.5, 0.6) is 0 Å². The lowest BCUT2D eigenvalue weighted by atomic mass is 10.0. The summed E-state index contributed by atoms with van der Waals surface area (Å²) in [4.78, 5) is 16.2. The van der Waals surface area contributed by atoms with Crippen molar-refractivity contribution in [2.24, 2.45) is 0 Å². The molecule has 0 unspecified atom stereocenters. The van der Waals surface area contributed by atoms with Crippen molar-refractivity contribution in [3.05, 3.63) is 89.5 Å². The SMILES string of the molecule is O=C(NCc1ccc(F)cc1)c1cncc(-c2cccc(C(F)(F)F)c2)c1. The maximum absolute atomic E-state index is 12.9. The zero-order valence-electron chi connectivity index (χ0n) is 13.9. The van der Waals surface area contributed by atoms with Crippen LogP contribution in [0.15, 0.2) is 67.0 Å². The Labute approximate surface area is 152 Å². The molecule has 0 aliphatic heterocycles. The molecular weight excluding hydrogens is 360 g/mol. The Kier molecular flexibility index (Phi) is 5.21. The topological polar surface area (TPSA) is 42.0 Å². The van der Waals surface area contributed by atoms with Crippen LogP contribution in [-0.2, 0) is 12.7 Å². The summed E-state index contributed by atoms with van der Waals surface area (Å²) in [5, 5.41) is 2.67. The molecule has 1 amide bonds. The first kappa shape index (κ1) is 18.6. The molecule has 3 nitrogen and oxygen atoms in total. The average Bonchev–Trinajstić information content (AvgIpc) is 2.67. The van der Waals surface area contributed by atoms with E-state index in [1.54, 1.807) is 12.1 Å². The van der Waals surface area contributed by atoms with E-state index in [-0.39, 0.29) is 17.9 Å². The highest BCUT2D eigenvalue weighted by Gasteiger charge is 2.30. The van der Waals surface area contributed by atoms with Gasteiger partial charge >= 0.3 is 6.18 Å². The number of halogens is 4. The van der Waals surface area contributed by atoms with Gasteiger partial charge < -0.3 is 5.32 Å². The highest BCUT2D eigenvalue weighted by Crippen LogP contribution is 2.32. The van der Waals surface area contributed by atoms with Crippen molar-refractivity contribution in [1.82, 2.24) is 10.3 Å². The summed E-state index contributed by atoms with van der Waals surface area (Å²) in [6, 6.07) is 12.0. The first-order valence-electron chi connectivity index (χ1n) is 7.98. The summed E-state index contributed by atoms with van der Waals surface area (Å²) in [5.41, 5.74) is 0.867. The molecule has 0 spiro atoms. The van der Waals surface area contributed by atoms with E-state index in [9.17, 15) is 22.4 Å². The van der Waals surface area contributed by atoms with Gasteiger partial charge in [-0.2, -0.15) is 13.2 Å². The zero-order valence-corrected chi connectivity index (χ0v) is 13.9. The number of carbonyl (C=O) groups is 1. The first-order valence-corrected chi connectivity index (χ1v) is 7.98. The number of hydrogen-bond donors (Lipinski definition) is 1. The molecule has 138 valence electrons. The predicted octanol–water partition coefficient (Wildman–Crippen LogP) is 4.84. The molecule has 3 aromatic rings. The molecule has 0 aliphatic rings. The van der Waals surface area contributed by atoms with Gasteiger partial charge in [0.1, 0.15) is 5.82 Å². The standard InChI is InChI=1S/C20H14F4N2O/c21-18-6-4-13(5-7-18)10-26-19(27)16-8-15(11-25-12-16)14-2-1-3-17(9-14)20(22,23)24/h1-9,11-12H,10H2,(H,26,27). The molecule has 2 aromatic carbocycles. The monoisotopic (exact) mass is 374 g/mol. The number of carbonyl (C=O) groups excluding carboxylic acids is 1. The molecule has 1 aromatic heterocycles. The molecule has 0 saturated heterocycles. The van der Waals surface area contributed by atoms with E-state index in [0.717, 1.165) is 12.1 Å². The summed E-state index contributed by atoms with van der Waals surface area (Å²) < 4.78 is 51.5. The second-order valence-corrected chi connectivity index (χ2v) is 5.85. The van der Waals surface area contributed by atoms with Crippen LogP contribution in [0.2, 0.25) is 0 Å². The molecule has 0 bridgehead atoms. The number of hydrogen-bond acceptors (Lipinski definition) is 2. The van der Waals surface area contributed by atoms with E-state index >= 15 is 0 Å². The van der Waals surface area contributed by atoms with Crippen LogP contribution in [0.25, 0.3) is 11.1 Å². The largest absolute Gasteiger partial charge is 0.416 e. The average molecular weight is 374 g/mol. The van der Waals surface area contributed by atoms with Crippen LogP contribution in [0.1, 0.15) is 21.5 Å². The Bertz CT molecular complexity index is 953. The van der Waals surface area contributed by atoms with Gasteiger partial charge in [-0.15, -0.1) is 0 Å². The highest BCUT2D eigenvalue weighted by atomic mass is 19.4. The minimum absolute atomic E-state index is 0.187. The lowest BCUT2D eigenvalue weighted by Crippen LogP contribution is -2.22. The molecule has 0 fully saturated rings. The molecule has 0 radical (unpaired) electrons. The number of alkyl halides is 3. The quantitative estimate of drug-likeness (QED) is 0.664. The summed E-state index contributed by atoms with van der Waals surface area (Å²) in [6.45, 7) is 0.187. The fraction of sp³-hybridized carbons (Fsp3) is 0.100. The number of rotatable bonds is 4. The summed E-state index contributed by atoms with van der Waals surface area (Å²) in [7, 11) is 0. The molecule has 0 saturated carbocycles. The van der Waals surface area contributed by atoms with Crippen molar-refractivity contribution >= 4 is 5.91 Å². The van der Waals surface area contributed by atoms with Crippen LogP contribution in [0.3, 0.4) is 0 Å². The predicted molar refractivity (Wildman–Crippen MR) is 92.2 cm³/mol. The van der Waals surface area contributed by atoms with Gasteiger partial charge in [0.05, 0.1) is 11.1 Å². The number of nitrogens with zero attached hydrogens (tertiary/aromatic N) is 1. The molecule has 1 N–H and O–H groups in total. The van der Waals surface area contributed by atoms with Crippen molar-refractivity contribution in [3.63, 3.8) is 0 Å². The van der Waals surface area contributed by atoms with E-state index < -0.39 is 17.6 Å². The van der Waals surface area contributed by atoms with Gasteiger partial charge in [-0.25, -0.2) is 4.39 Å². The van der Waals surface area contributed by atoms with Gasteiger partial charge in [-0.3, -0.25) is 9.78 Å². The number of nitrogens with one attached hydrogen (secondary N) is 1. The molecule has 0 aliphatic carbocycles. The number of pyridine rings is 1. The van der Waals surface area contributed by atoms with Gasteiger partial charge in [-0.1, -0.05) is 24.3 Å². The Morgan fingerprint density at radius 1 is 0.963 bits per heavy atom. The molecule has 0 atom stereocenters. The van der Waals surface area contributed by atoms with Crippen molar-refractivity contribution in [3.8, 4) is 11.1 Å². The van der Waals surface area contributed by atoms with Crippen molar-refractivity contribution < 1.29 is 22.4 Å². The van der Waals surface area contributed by atoms with Gasteiger partial charge in [0, 0.05) is 24.5 Å². The minimum atomic E-state index is -4.45. The van der Waals surface area contributed by atoms with E-state index in [1.807, 2.05) is 0 Å². The second-order valence-electron chi connectivity index (χ2n) is 5.85. The van der Waals surface area contributed by atoms with Crippen LogP contribution < -0.4 is 5.32 Å². The summed E-state index contributed by atoms with van der Waals surface area (Å²) >= 11 is 0. The second kappa shape index (κ2) is 7.57. The molecule has 3 rings (SSSR count). The van der Waals surface area contributed by atoms with E-state index in [0.29, 0.717) is 16.7 Å². The maximum atomic E-state index is 12.9. The Morgan fingerprint density at radius 3 is 2.41 bits per heavy atom. The number of benzene rings is 2. The smallest absolute Gasteiger partial charge is 0.348 e. The third-order valence-electron chi connectivity index (χ3n) is 3.89. The van der Waals surface area contributed by atoms with Gasteiger partial charge in [0.25, 0.3) is 5.91 Å². The normalized spacial score (nSPS) is 11.3. The minimum Gasteiger partial charge on any atom is -0.348 e. The fourth-order valence-electron chi connectivity index (χ4n) is 2.48.